The zero-order valence-electron chi connectivity index (χ0n) is 4.36. The molecule has 0 spiro atoms. The summed E-state index contributed by atoms with van der Waals surface area (Å²) in [6.45, 7) is 2.92. The van der Waals surface area contributed by atoms with E-state index in [4.69, 9.17) is 5.26 Å². The zero-order valence-corrected chi connectivity index (χ0v) is 4.36. The fraction of sp³-hybridized carbons (Fsp3) is 0.800. The van der Waals surface area contributed by atoms with Crippen LogP contribution >= 0.6 is 0 Å². The van der Waals surface area contributed by atoms with Gasteiger partial charge in [-0.25, -0.2) is 0 Å². The second-order valence-corrected chi connectivity index (χ2v) is 2.12. The molecule has 2 heteroatoms. The van der Waals surface area contributed by atoms with E-state index >= 15 is 0 Å². The molecular weight excluding hydrogens is 88.1 g/mol. The third kappa shape index (κ3) is 0.594. The normalized spacial score (nSPS) is 38.9. The van der Waals surface area contributed by atoms with Crippen molar-refractivity contribution in [3.63, 3.8) is 0 Å². The molecule has 1 saturated heterocycles. The molecule has 0 unspecified atom stereocenters. The molecule has 1 aliphatic heterocycles. The highest BCUT2D eigenvalue weighted by Gasteiger charge is 2.30. The SMILES string of the molecule is C[C@]1(C#N)CCN1. The molecule has 1 fully saturated rings. The topological polar surface area (TPSA) is 35.8 Å². The highest BCUT2D eigenvalue weighted by molar-refractivity contribution is 5.09. The monoisotopic (exact) mass is 96.1 g/mol. The first-order chi connectivity index (χ1) is 3.27. The third-order valence-electron chi connectivity index (χ3n) is 1.39. The molecule has 0 amide bonds. The summed E-state index contributed by atoms with van der Waals surface area (Å²) in [5, 5.41) is 11.3. The number of hydrogen-bond donors (Lipinski definition) is 1. The van der Waals surface area contributed by atoms with E-state index in [0.717, 1.165) is 13.0 Å². The fourth-order valence-corrected chi connectivity index (χ4v) is 0.595. The van der Waals surface area contributed by atoms with Gasteiger partial charge in [0.25, 0.3) is 0 Å². The van der Waals surface area contributed by atoms with Gasteiger partial charge in [-0.3, -0.25) is 5.32 Å². The van der Waals surface area contributed by atoms with Crippen LogP contribution in [0.2, 0.25) is 0 Å². The highest BCUT2D eigenvalue weighted by atomic mass is 15.0. The van der Waals surface area contributed by atoms with Crippen molar-refractivity contribution in [2.75, 3.05) is 6.54 Å². The Bertz CT molecular complexity index is 108. The standard InChI is InChI=1S/C5H8N2/c1-5(4-6)2-3-7-5/h7H,2-3H2,1H3/t5-/m1/s1. The predicted octanol–water partition coefficient (Wildman–Crippen LogP) is 0.262. The highest BCUT2D eigenvalue weighted by Crippen LogP contribution is 2.14. The van der Waals surface area contributed by atoms with Crippen LogP contribution in [0.3, 0.4) is 0 Å². The summed E-state index contributed by atoms with van der Waals surface area (Å²) in [5.41, 5.74) is -0.181. The van der Waals surface area contributed by atoms with Gasteiger partial charge in [-0.2, -0.15) is 5.26 Å². The van der Waals surface area contributed by atoms with Gasteiger partial charge in [0.1, 0.15) is 5.54 Å². The molecule has 1 aliphatic rings. The van der Waals surface area contributed by atoms with E-state index in [1.165, 1.54) is 0 Å². The Kier molecular flexibility index (Phi) is 0.795. The third-order valence-corrected chi connectivity index (χ3v) is 1.39. The summed E-state index contributed by atoms with van der Waals surface area (Å²) >= 11 is 0. The average molecular weight is 96.1 g/mol. The number of nitriles is 1. The molecule has 0 aromatic heterocycles. The van der Waals surface area contributed by atoms with Crippen molar-refractivity contribution in [3.05, 3.63) is 0 Å². The van der Waals surface area contributed by atoms with E-state index in [2.05, 4.69) is 11.4 Å². The van der Waals surface area contributed by atoms with Gasteiger partial charge in [0.2, 0.25) is 0 Å². The average Bonchev–Trinajstić information content (AvgIpc) is 1.61. The Hall–Kier alpha value is -0.550. The van der Waals surface area contributed by atoms with Crippen LogP contribution in [0.1, 0.15) is 13.3 Å². The predicted molar refractivity (Wildman–Crippen MR) is 26.6 cm³/mol. The molecule has 1 N–H and O–H groups in total. The maximum Gasteiger partial charge on any atom is 0.105 e. The van der Waals surface area contributed by atoms with Gasteiger partial charge in [-0.05, 0) is 19.9 Å². The van der Waals surface area contributed by atoms with Crippen LogP contribution in [-0.2, 0) is 0 Å². The second-order valence-electron chi connectivity index (χ2n) is 2.12. The van der Waals surface area contributed by atoms with E-state index in [1.54, 1.807) is 0 Å². The Morgan fingerprint density at radius 1 is 1.86 bits per heavy atom. The van der Waals surface area contributed by atoms with Crippen LogP contribution in [0, 0.1) is 11.3 Å². The molecule has 0 aromatic carbocycles. The lowest BCUT2D eigenvalue weighted by molar-refractivity contribution is 0.309. The minimum absolute atomic E-state index is 0.181. The van der Waals surface area contributed by atoms with Crippen molar-refractivity contribution in [2.24, 2.45) is 0 Å². The number of nitrogens with one attached hydrogen (secondary N) is 1. The van der Waals surface area contributed by atoms with Crippen LogP contribution < -0.4 is 5.32 Å². The molecule has 1 atom stereocenters. The van der Waals surface area contributed by atoms with E-state index in [-0.39, 0.29) is 5.54 Å². The van der Waals surface area contributed by atoms with Crippen molar-refractivity contribution in [1.82, 2.24) is 5.32 Å². The van der Waals surface area contributed by atoms with Gasteiger partial charge in [-0.1, -0.05) is 0 Å². The lowest BCUT2D eigenvalue weighted by Crippen LogP contribution is -2.53. The largest absolute Gasteiger partial charge is 0.299 e. The first-order valence-corrected chi connectivity index (χ1v) is 2.43. The van der Waals surface area contributed by atoms with Gasteiger partial charge in [0.15, 0.2) is 0 Å². The Morgan fingerprint density at radius 3 is 2.43 bits per heavy atom. The second kappa shape index (κ2) is 1.21. The Labute approximate surface area is 43.1 Å². The minimum atomic E-state index is -0.181. The molecule has 38 valence electrons. The molecule has 7 heavy (non-hydrogen) atoms. The summed E-state index contributed by atoms with van der Waals surface area (Å²) in [5.74, 6) is 0. The maximum atomic E-state index is 8.33. The lowest BCUT2D eigenvalue weighted by atomic mass is 9.93. The van der Waals surface area contributed by atoms with Crippen LogP contribution in [0.15, 0.2) is 0 Å². The van der Waals surface area contributed by atoms with E-state index < -0.39 is 0 Å². The molecule has 0 aliphatic carbocycles. The van der Waals surface area contributed by atoms with Gasteiger partial charge in [-0.15, -0.1) is 0 Å². The van der Waals surface area contributed by atoms with Gasteiger partial charge < -0.3 is 0 Å². The summed E-state index contributed by atoms with van der Waals surface area (Å²) in [6, 6.07) is 2.17. The molecule has 1 rings (SSSR count). The van der Waals surface area contributed by atoms with E-state index in [9.17, 15) is 0 Å². The fourth-order valence-electron chi connectivity index (χ4n) is 0.595. The van der Waals surface area contributed by atoms with Crippen molar-refractivity contribution in [3.8, 4) is 6.07 Å². The van der Waals surface area contributed by atoms with Gasteiger partial charge in [0, 0.05) is 0 Å². The Balaban J connectivity index is 2.48. The summed E-state index contributed by atoms with van der Waals surface area (Å²) < 4.78 is 0. The molecule has 2 nitrogen and oxygen atoms in total. The van der Waals surface area contributed by atoms with Gasteiger partial charge in [0.05, 0.1) is 6.07 Å². The van der Waals surface area contributed by atoms with Crippen molar-refractivity contribution in [2.45, 2.75) is 18.9 Å². The van der Waals surface area contributed by atoms with Crippen LogP contribution in [-0.4, -0.2) is 12.1 Å². The van der Waals surface area contributed by atoms with Crippen molar-refractivity contribution >= 4 is 0 Å². The van der Waals surface area contributed by atoms with E-state index in [0.29, 0.717) is 0 Å². The summed E-state index contributed by atoms with van der Waals surface area (Å²) in [7, 11) is 0. The quantitative estimate of drug-likeness (QED) is 0.469. The van der Waals surface area contributed by atoms with Crippen LogP contribution in [0.4, 0.5) is 0 Å². The number of hydrogen-bond acceptors (Lipinski definition) is 2. The molecular formula is C5H8N2. The van der Waals surface area contributed by atoms with Crippen LogP contribution in [0.25, 0.3) is 0 Å². The molecule has 1 heterocycles. The number of nitrogens with zero attached hydrogens (tertiary/aromatic N) is 1. The maximum absolute atomic E-state index is 8.33. The molecule has 0 aromatic rings. The first kappa shape index (κ1) is 4.61. The minimum Gasteiger partial charge on any atom is -0.299 e. The molecule has 0 bridgehead atoms. The number of rotatable bonds is 0. The summed E-state index contributed by atoms with van der Waals surface area (Å²) in [6.07, 6.45) is 1.00. The first-order valence-electron chi connectivity index (χ1n) is 2.43. The van der Waals surface area contributed by atoms with Gasteiger partial charge >= 0.3 is 0 Å². The molecule has 0 saturated carbocycles. The molecule has 0 radical (unpaired) electrons. The smallest absolute Gasteiger partial charge is 0.105 e. The van der Waals surface area contributed by atoms with Crippen molar-refractivity contribution < 1.29 is 0 Å². The van der Waals surface area contributed by atoms with Crippen LogP contribution in [0.5, 0.6) is 0 Å². The summed E-state index contributed by atoms with van der Waals surface area (Å²) in [4.78, 5) is 0. The lowest BCUT2D eigenvalue weighted by Gasteiger charge is -2.32. The zero-order chi connectivity index (χ0) is 5.33. The Morgan fingerprint density at radius 2 is 2.43 bits per heavy atom. The van der Waals surface area contributed by atoms with E-state index in [1.807, 2.05) is 6.92 Å². The van der Waals surface area contributed by atoms with Crippen molar-refractivity contribution in [1.29, 1.82) is 5.26 Å².